The van der Waals surface area contributed by atoms with Gasteiger partial charge in [-0.05, 0) is 6.07 Å². The fourth-order valence-electron chi connectivity index (χ4n) is 0.766. The van der Waals surface area contributed by atoms with Gasteiger partial charge in [-0.15, -0.1) is 10.2 Å². The van der Waals surface area contributed by atoms with E-state index < -0.39 is 0 Å². The van der Waals surface area contributed by atoms with Crippen LogP contribution in [0.25, 0.3) is 11.6 Å². The molecular formula is C6H4N4OS. The summed E-state index contributed by atoms with van der Waals surface area (Å²) in [5.74, 6) is 0.721. The first-order valence-corrected chi connectivity index (χ1v) is 3.66. The van der Waals surface area contributed by atoms with Gasteiger partial charge < -0.3 is 4.42 Å². The second kappa shape index (κ2) is 2.82. The zero-order chi connectivity index (χ0) is 8.39. The smallest absolute Gasteiger partial charge is 0.266 e. The van der Waals surface area contributed by atoms with Gasteiger partial charge in [0.1, 0.15) is 5.69 Å². The highest BCUT2D eigenvalue weighted by Crippen LogP contribution is 2.12. The molecule has 0 aliphatic heterocycles. The van der Waals surface area contributed by atoms with Crippen molar-refractivity contribution in [2.45, 2.75) is 0 Å². The Balaban J connectivity index is 2.41. The maximum atomic E-state index is 5.12. The van der Waals surface area contributed by atoms with E-state index in [9.17, 15) is 0 Å². The lowest BCUT2D eigenvalue weighted by Gasteiger charge is -1.83. The first kappa shape index (κ1) is 7.11. The molecule has 0 aromatic carbocycles. The van der Waals surface area contributed by atoms with Crippen LogP contribution in [0.3, 0.4) is 0 Å². The maximum Gasteiger partial charge on any atom is 0.266 e. The van der Waals surface area contributed by atoms with Crippen LogP contribution in [-0.4, -0.2) is 25.8 Å². The molecule has 60 valence electrons. The monoisotopic (exact) mass is 180 g/mol. The first-order chi connectivity index (χ1) is 5.90. The normalized spacial score (nSPS) is 10.0. The summed E-state index contributed by atoms with van der Waals surface area (Å²) in [6.45, 7) is 0. The number of nitrogens with zero attached hydrogens (tertiary/aromatic N) is 3. The number of aromatic amines is 1. The molecule has 0 aliphatic rings. The molecule has 0 fully saturated rings. The quantitative estimate of drug-likeness (QED) is 0.692. The summed E-state index contributed by atoms with van der Waals surface area (Å²) in [5, 5.41) is 15.2. The molecule has 0 unspecified atom stereocenters. The number of hydrogen-bond acceptors (Lipinski definition) is 5. The number of nitrogens with one attached hydrogen (secondary N) is 1. The predicted octanol–water partition coefficient (Wildman–Crippen LogP) is 0.807. The van der Waals surface area contributed by atoms with Gasteiger partial charge in [0.2, 0.25) is 0 Å². The molecule has 0 radical (unpaired) electrons. The molecule has 0 saturated carbocycles. The second-order valence-corrected chi connectivity index (χ2v) is 2.27. The predicted molar refractivity (Wildman–Crippen MR) is 44.6 cm³/mol. The van der Waals surface area contributed by atoms with E-state index in [1.54, 1.807) is 12.3 Å². The summed E-state index contributed by atoms with van der Waals surface area (Å²) in [5.41, 5.74) is 0.686. The Morgan fingerprint density at radius 3 is 3.00 bits per heavy atom. The van der Waals surface area contributed by atoms with Crippen molar-refractivity contribution < 1.29 is 4.42 Å². The lowest BCUT2D eigenvalue weighted by atomic mass is 10.4. The van der Waals surface area contributed by atoms with E-state index in [-0.39, 0.29) is 0 Å². The van der Waals surface area contributed by atoms with Crippen molar-refractivity contribution in [3.05, 3.63) is 18.2 Å². The largest absolute Gasteiger partial charge is 0.414 e. The van der Waals surface area contributed by atoms with Gasteiger partial charge in [-0.1, -0.05) is 12.2 Å². The summed E-state index contributed by atoms with van der Waals surface area (Å²) in [7, 11) is 0. The van der Waals surface area contributed by atoms with Gasteiger partial charge in [-0.2, -0.15) is 5.10 Å². The highest BCUT2D eigenvalue weighted by molar-refractivity contribution is 7.79. The molecule has 5 nitrogen and oxygen atoms in total. The fraction of sp³-hybridized carbons (Fsp3) is 0. The van der Waals surface area contributed by atoms with Crippen LogP contribution < -0.4 is 0 Å². The summed E-state index contributed by atoms with van der Waals surface area (Å²) in [4.78, 5) is 0. The Labute approximate surface area is 72.8 Å². The highest BCUT2D eigenvalue weighted by Gasteiger charge is 2.06. The zero-order valence-corrected chi connectivity index (χ0v) is 6.71. The highest BCUT2D eigenvalue weighted by atomic mass is 32.1. The molecule has 0 bridgehead atoms. The molecule has 2 aromatic rings. The van der Waals surface area contributed by atoms with Gasteiger partial charge in [0.05, 0.1) is 5.37 Å². The number of rotatable bonds is 2. The maximum absolute atomic E-state index is 5.12. The standard InChI is InChI=1S/C6H4N4OS/c12-3-5-9-10-6(11-5)4-1-2-7-8-4/h1-3H,(H,7,8). The van der Waals surface area contributed by atoms with Crippen LogP contribution in [0.1, 0.15) is 5.89 Å². The van der Waals surface area contributed by atoms with Crippen molar-refractivity contribution in [3.63, 3.8) is 0 Å². The van der Waals surface area contributed by atoms with Crippen LogP contribution >= 0.6 is 12.2 Å². The molecule has 0 aliphatic carbocycles. The summed E-state index contributed by atoms with van der Waals surface area (Å²) in [6.07, 6.45) is 1.61. The average molecular weight is 180 g/mol. The number of aromatic nitrogens is 4. The summed E-state index contributed by atoms with van der Waals surface area (Å²) < 4.78 is 5.12. The molecule has 1 N–H and O–H groups in total. The van der Waals surface area contributed by atoms with E-state index in [0.717, 1.165) is 0 Å². The molecule has 0 saturated heterocycles. The molecule has 2 rings (SSSR count). The Morgan fingerprint density at radius 1 is 1.50 bits per heavy atom. The van der Waals surface area contributed by atoms with Gasteiger partial charge in [0.15, 0.2) is 0 Å². The molecule has 2 aromatic heterocycles. The van der Waals surface area contributed by atoms with Gasteiger partial charge in [0, 0.05) is 6.20 Å². The second-order valence-electron chi connectivity index (χ2n) is 2.03. The molecule has 12 heavy (non-hydrogen) atoms. The zero-order valence-electron chi connectivity index (χ0n) is 5.89. The fourth-order valence-corrected chi connectivity index (χ4v) is 0.861. The van der Waals surface area contributed by atoms with E-state index in [1.165, 1.54) is 5.37 Å². The third-order valence-corrected chi connectivity index (χ3v) is 1.47. The van der Waals surface area contributed by atoms with Gasteiger partial charge in [-0.25, -0.2) is 0 Å². The Kier molecular flexibility index (Phi) is 1.67. The molecule has 0 amide bonds. The van der Waals surface area contributed by atoms with Crippen LogP contribution in [0.2, 0.25) is 0 Å². The minimum absolute atomic E-state index is 0.328. The van der Waals surface area contributed by atoms with E-state index in [2.05, 4.69) is 32.6 Å². The molecule has 0 atom stereocenters. The van der Waals surface area contributed by atoms with Gasteiger partial charge in [0.25, 0.3) is 11.8 Å². The van der Waals surface area contributed by atoms with E-state index in [1.807, 2.05) is 0 Å². The van der Waals surface area contributed by atoms with Crippen molar-refractivity contribution in [2.24, 2.45) is 0 Å². The Hall–Kier alpha value is -1.56. The third kappa shape index (κ3) is 1.12. The SMILES string of the molecule is S=Cc1nnc(-c2ccn[nH]2)o1. The number of thiocarbonyl (C=S) groups is 1. The van der Waals surface area contributed by atoms with Crippen molar-refractivity contribution in [2.75, 3.05) is 0 Å². The van der Waals surface area contributed by atoms with Crippen LogP contribution in [0, 0.1) is 0 Å². The Morgan fingerprint density at radius 2 is 2.42 bits per heavy atom. The minimum atomic E-state index is 0.328. The van der Waals surface area contributed by atoms with Crippen LogP contribution in [0.15, 0.2) is 16.7 Å². The van der Waals surface area contributed by atoms with E-state index >= 15 is 0 Å². The van der Waals surface area contributed by atoms with Crippen LogP contribution in [0.5, 0.6) is 0 Å². The molecule has 0 spiro atoms. The van der Waals surface area contributed by atoms with Crippen LogP contribution in [-0.2, 0) is 0 Å². The number of hydrogen-bond donors (Lipinski definition) is 1. The van der Waals surface area contributed by atoms with Crippen molar-refractivity contribution >= 4 is 17.6 Å². The molecular weight excluding hydrogens is 176 g/mol. The summed E-state index contributed by atoms with van der Waals surface area (Å²) >= 11 is 4.61. The summed E-state index contributed by atoms with van der Waals surface area (Å²) in [6, 6.07) is 1.74. The average Bonchev–Trinajstić information content (AvgIpc) is 2.75. The van der Waals surface area contributed by atoms with Crippen molar-refractivity contribution in [1.29, 1.82) is 0 Å². The number of H-pyrrole nitrogens is 1. The van der Waals surface area contributed by atoms with Crippen molar-refractivity contribution in [1.82, 2.24) is 20.4 Å². The van der Waals surface area contributed by atoms with Crippen molar-refractivity contribution in [3.8, 4) is 11.6 Å². The molecule has 6 heteroatoms. The molecule has 2 heterocycles. The van der Waals surface area contributed by atoms with Crippen LogP contribution in [0.4, 0.5) is 0 Å². The Bertz CT molecular complexity index is 380. The first-order valence-electron chi connectivity index (χ1n) is 3.18. The lowest BCUT2D eigenvalue weighted by Crippen LogP contribution is -1.76. The van der Waals surface area contributed by atoms with Gasteiger partial charge >= 0.3 is 0 Å². The minimum Gasteiger partial charge on any atom is -0.414 e. The third-order valence-electron chi connectivity index (χ3n) is 1.27. The van der Waals surface area contributed by atoms with Gasteiger partial charge in [-0.3, -0.25) is 5.10 Å². The lowest BCUT2D eigenvalue weighted by molar-refractivity contribution is 0.560. The van der Waals surface area contributed by atoms with E-state index in [4.69, 9.17) is 4.42 Å². The topological polar surface area (TPSA) is 67.6 Å². The van der Waals surface area contributed by atoms with E-state index in [0.29, 0.717) is 17.5 Å².